The normalized spacial score (nSPS) is 14.6. The van der Waals surface area contributed by atoms with E-state index in [0.29, 0.717) is 13.0 Å². The Balaban J connectivity index is 2.12. The van der Waals surface area contributed by atoms with E-state index in [1.807, 2.05) is 43.3 Å². The van der Waals surface area contributed by atoms with Gasteiger partial charge in [0.05, 0.1) is 18.2 Å². The Morgan fingerprint density at radius 3 is 2.78 bits per heavy atom. The largest absolute Gasteiger partial charge is 0.392 e. The number of pyridine rings is 1. The maximum absolute atomic E-state index is 10.1. The van der Waals surface area contributed by atoms with Crippen molar-refractivity contribution in [3.8, 4) is 0 Å². The molecule has 18 heavy (non-hydrogen) atoms. The molecule has 2 unspecified atom stereocenters. The number of methoxy groups -OCH3 is 1. The van der Waals surface area contributed by atoms with Crippen molar-refractivity contribution in [1.29, 1.82) is 0 Å². The molecule has 0 fully saturated rings. The SMILES string of the molecule is COCC(C)C(O)Cc1ccc2ccccc2n1. The van der Waals surface area contributed by atoms with Crippen LogP contribution in [0.4, 0.5) is 0 Å². The van der Waals surface area contributed by atoms with Gasteiger partial charge in [-0.05, 0) is 12.1 Å². The summed E-state index contributed by atoms with van der Waals surface area (Å²) in [4.78, 5) is 4.56. The quantitative estimate of drug-likeness (QED) is 0.879. The molecule has 0 saturated carbocycles. The molecule has 2 atom stereocenters. The fourth-order valence-corrected chi connectivity index (χ4v) is 2.01. The number of rotatable bonds is 5. The lowest BCUT2D eigenvalue weighted by atomic mass is 10.0. The summed E-state index contributed by atoms with van der Waals surface area (Å²) in [5, 5.41) is 11.2. The van der Waals surface area contributed by atoms with Crippen LogP contribution in [0.1, 0.15) is 12.6 Å². The zero-order valence-electron chi connectivity index (χ0n) is 10.8. The van der Waals surface area contributed by atoms with Crippen molar-refractivity contribution in [3.63, 3.8) is 0 Å². The molecule has 1 N–H and O–H groups in total. The van der Waals surface area contributed by atoms with Crippen molar-refractivity contribution < 1.29 is 9.84 Å². The summed E-state index contributed by atoms with van der Waals surface area (Å²) in [6.07, 6.45) is 0.147. The highest BCUT2D eigenvalue weighted by molar-refractivity contribution is 5.78. The van der Waals surface area contributed by atoms with Gasteiger partial charge in [-0.15, -0.1) is 0 Å². The molecule has 2 aromatic rings. The van der Waals surface area contributed by atoms with Crippen LogP contribution in [0.15, 0.2) is 36.4 Å². The third kappa shape index (κ3) is 3.06. The molecule has 96 valence electrons. The van der Waals surface area contributed by atoms with Gasteiger partial charge in [0, 0.05) is 30.5 Å². The van der Waals surface area contributed by atoms with E-state index >= 15 is 0 Å². The van der Waals surface area contributed by atoms with Crippen LogP contribution in [0.3, 0.4) is 0 Å². The maximum atomic E-state index is 10.1. The Morgan fingerprint density at radius 1 is 1.22 bits per heavy atom. The van der Waals surface area contributed by atoms with E-state index in [1.54, 1.807) is 7.11 Å². The Labute approximate surface area is 107 Å². The fourth-order valence-electron chi connectivity index (χ4n) is 2.01. The predicted octanol–water partition coefficient (Wildman–Crippen LogP) is 2.42. The third-order valence-corrected chi connectivity index (χ3v) is 3.16. The number of hydrogen-bond acceptors (Lipinski definition) is 3. The summed E-state index contributed by atoms with van der Waals surface area (Å²) in [7, 11) is 1.65. The third-order valence-electron chi connectivity index (χ3n) is 3.16. The van der Waals surface area contributed by atoms with Crippen LogP contribution in [-0.4, -0.2) is 29.9 Å². The summed E-state index contributed by atoms with van der Waals surface area (Å²) in [5.41, 5.74) is 1.89. The van der Waals surface area contributed by atoms with Gasteiger partial charge in [0.25, 0.3) is 0 Å². The van der Waals surface area contributed by atoms with E-state index in [0.717, 1.165) is 16.6 Å². The second kappa shape index (κ2) is 5.94. The molecule has 0 spiro atoms. The van der Waals surface area contributed by atoms with Gasteiger partial charge < -0.3 is 9.84 Å². The molecule has 0 amide bonds. The van der Waals surface area contributed by atoms with Crippen molar-refractivity contribution in [2.45, 2.75) is 19.4 Å². The molecule has 0 radical (unpaired) electrons. The molecule has 0 saturated heterocycles. The van der Waals surface area contributed by atoms with E-state index < -0.39 is 6.10 Å². The first-order chi connectivity index (χ1) is 8.70. The minimum atomic E-state index is -0.418. The van der Waals surface area contributed by atoms with Gasteiger partial charge in [0.1, 0.15) is 0 Å². The predicted molar refractivity (Wildman–Crippen MR) is 72.5 cm³/mol. The van der Waals surface area contributed by atoms with Crippen LogP contribution in [0.5, 0.6) is 0 Å². The van der Waals surface area contributed by atoms with Crippen LogP contribution in [0.2, 0.25) is 0 Å². The van der Waals surface area contributed by atoms with E-state index in [4.69, 9.17) is 4.74 Å². The van der Waals surface area contributed by atoms with Gasteiger partial charge >= 0.3 is 0 Å². The lowest BCUT2D eigenvalue weighted by Crippen LogP contribution is -2.24. The first kappa shape index (κ1) is 13.0. The molecule has 0 aliphatic heterocycles. The number of aromatic nitrogens is 1. The first-order valence-electron chi connectivity index (χ1n) is 6.22. The number of fused-ring (bicyclic) bond motifs is 1. The summed E-state index contributed by atoms with van der Waals surface area (Å²) >= 11 is 0. The van der Waals surface area contributed by atoms with E-state index in [1.165, 1.54) is 0 Å². The number of para-hydroxylation sites is 1. The van der Waals surface area contributed by atoms with Crippen molar-refractivity contribution in [2.24, 2.45) is 5.92 Å². The zero-order valence-corrected chi connectivity index (χ0v) is 10.8. The minimum Gasteiger partial charge on any atom is -0.392 e. The molecule has 0 aliphatic carbocycles. The number of benzene rings is 1. The number of aliphatic hydroxyl groups excluding tert-OH is 1. The van der Waals surface area contributed by atoms with E-state index in [2.05, 4.69) is 4.98 Å². The van der Waals surface area contributed by atoms with Gasteiger partial charge in [-0.2, -0.15) is 0 Å². The maximum Gasteiger partial charge on any atom is 0.0705 e. The fraction of sp³-hybridized carbons (Fsp3) is 0.400. The lowest BCUT2D eigenvalue weighted by molar-refractivity contribution is 0.0570. The van der Waals surface area contributed by atoms with Crippen molar-refractivity contribution in [3.05, 3.63) is 42.1 Å². The molecule has 3 nitrogen and oxygen atoms in total. The summed E-state index contributed by atoms with van der Waals surface area (Å²) in [5.74, 6) is 0.114. The monoisotopic (exact) mass is 245 g/mol. The van der Waals surface area contributed by atoms with Gasteiger partial charge in [-0.1, -0.05) is 31.2 Å². The average Bonchev–Trinajstić information content (AvgIpc) is 2.39. The Bertz CT molecular complexity index is 513. The molecule has 2 rings (SSSR count). The molecule has 0 aliphatic rings. The Morgan fingerprint density at radius 2 is 2.00 bits per heavy atom. The molecule has 1 aromatic heterocycles. The van der Waals surface area contributed by atoms with Crippen LogP contribution >= 0.6 is 0 Å². The summed E-state index contributed by atoms with van der Waals surface area (Å²) in [6, 6.07) is 12.0. The Kier molecular flexibility index (Phi) is 4.28. The summed E-state index contributed by atoms with van der Waals surface area (Å²) in [6.45, 7) is 2.55. The van der Waals surface area contributed by atoms with Crippen LogP contribution < -0.4 is 0 Å². The molecule has 0 bridgehead atoms. The van der Waals surface area contributed by atoms with Crippen LogP contribution in [0, 0.1) is 5.92 Å². The zero-order chi connectivity index (χ0) is 13.0. The number of aliphatic hydroxyl groups is 1. The molecule has 1 aromatic carbocycles. The standard InChI is InChI=1S/C15H19NO2/c1-11(10-18-2)15(17)9-13-8-7-12-5-3-4-6-14(12)16-13/h3-8,11,15,17H,9-10H2,1-2H3. The lowest BCUT2D eigenvalue weighted by Gasteiger charge is -2.17. The van der Waals surface area contributed by atoms with E-state index in [9.17, 15) is 5.11 Å². The summed E-state index contributed by atoms with van der Waals surface area (Å²) < 4.78 is 5.05. The molecule has 1 heterocycles. The second-order valence-electron chi connectivity index (χ2n) is 4.70. The number of nitrogens with zero attached hydrogens (tertiary/aromatic N) is 1. The highest BCUT2D eigenvalue weighted by atomic mass is 16.5. The van der Waals surface area contributed by atoms with Gasteiger partial charge in [-0.25, -0.2) is 0 Å². The van der Waals surface area contributed by atoms with Crippen molar-refractivity contribution in [1.82, 2.24) is 4.98 Å². The average molecular weight is 245 g/mol. The van der Waals surface area contributed by atoms with Gasteiger partial charge in [-0.3, -0.25) is 4.98 Å². The highest BCUT2D eigenvalue weighted by Gasteiger charge is 2.15. The van der Waals surface area contributed by atoms with Crippen molar-refractivity contribution >= 4 is 10.9 Å². The first-order valence-corrected chi connectivity index (χ1v) is 6.22. The topological polar surface area (TPSA) is 42.4 Å². The minimum absolute atomic E-state index is 0.114. The van der Waals surface area contributed by atoms with Crippen molar-refractivity contribution in [2.75, 3.05) is 13.7 Å². The van der Waals surface area contributed by atoms with Crippen LogP contribution in [0.25, 0.3) is 10.9 Å². The Hall–Kier alpha value is -1.45. The molecular formula is C15H19NO2. The molecular weight excluding hydrogens is 226 g/mol. The smallest absolute Gasteiger partial charge is 0.0705 e. The number of hydrogen-bond donors (Lipinski definition) is 1. The number of ether oxygens (including phenoxy) is 1. The second-order valence-corrected chi connectivity index (χ2v) is 4.70. The van der Waals surface area contributed by atoms with Gasteiger partial charge in [0.15, 0.2) is 0 Å². The van der Waals surface area contributed by atoms with Gasteiger partial charge in [0.2, 0.25) is 0 Å². The molecule has 3 heteroatoms. The van der Waals surface area contributed by atoms with Crippen LogP contribution in [-0.2, 0) is 11.2 Å². The highest BCUT2D eigenvalue weighted by Crippen LogP contribution is 2.15. The van der Waals surface area contributed by atoms with E-state index in [-0.39, 0.29) is 5.92 Å².